The lowest BCUT2D eigenvalue weighted by Crippen LogP contribution is -2.19. The van der Waals surface area contributed by atoms with Gasteiger partial charge in [-0.2, -0.15) is 0 Å². The van der Waals surface area contributed by atoms with Gasteiger partial charge in [0.25, 0.3) is 0 Å². The van der Waals surface area contributed by atoms with Gasteiger partial charge in [-0.1, -0.05) is 78.5 Å². The number of hydrogen-bond donors (Lipinski definition) is 0. The molecule has 0 bridgehead atoms. The number of benzene rings is 2. The van der Waals surface area contributed by atoms with Gasteiger partial charge in [0, 0.05) is 5.56 Å². The minimum Gasteiger partial charge on any atom is -0.497 e. The molecule has 2 rings (SSSR count). The normalized spacial score (nSPS) is 12.7. The maximum absolute atomic E-state index is 6.32. The molecular weight excluding hydrogens is 367 g/mol. The van der Waals surface area contributed by atoms with Crippen molar-refractivity contribution in [3.05, 3.63) is 59.7 Å². The van der Waals surface area contributed by atoms with Gasteiger partial charge in [-0.3, -0.25) is 0 Å². The van der Waals surface area contributed by atoms with Crippen molar-refractivity contribution >= 4 is 34.8 Å². The van der Waals surface area contributed by atoms with Crippen molar-refractivity contribution in [1.29, 1.82) is 0 Å². The van der Waals surface area contributed by atoms with Gasteiger partial charge >= 0.3 is 0 Å². The summed E-state index contributed by atoms with van der Waals surface area (Å²) < 4.78 is 9.62. The molecule has 0 aromatic heterocycles. The number of hydrogen-bond acceptors (Lipinski definition) is 2. The lowest BCUT2D eigenvalue weighted by molar-refractivity contribution is 0.305. The lowest BCUT2D eigenvalue weighted by atomic mass is 9.91. The Morgan fingerprint density at radius 2 is 1.67 bits per heavy atom. The molecule has 5 heteroatoms. The minimum atomic E-state index is -1.50. The number of para-hydroxylation sites is 1. The van der Waals surface area contributed by atoms with E-state index in [2.05, 4.69) is 6.92 Å². The standard InChI is InChI=1S/C19H21Cl3O2/c1-3-4-13-24-17-8-6-5-7-16(17)18(19(20,21)22)14-9-11-15(23-2)12-10-14/h5-12,18H,3-4,13H2,1-2H3/t18-/m1/s1. The minimum absolute atomic E-state index is 0.439. The van der Waals surface area contributed by atoms with Crippen LogP contribution in [-0.2, 0) is 0 Å². The summed E-state index contributed by atoms with van der Waals surface area (Å²) in [7, 11) is 1.62. The maximum atomic E-state index is 6.32. The zero-order valence-corrected chi connectivity index (χ0v) is 16.0. The van der Waals surface area contributed by atoms with Crippen LogP contribution in [0.5, 0.6) is 11.5 Å². The molecule has 2 aromatic carbocycles. The summed E-state index contributed by atoms with van der Waals surface area (Å²) in [6, 6.07) is 15.3. The zero-order valence-electron chi connectivity index (χ0n) is 13.8. The first-order valence-corrected chi connectivity index (χ1v) is 9.03. The van der Waals surface area contributed by atoms with Gasteiger partial charge in [-0.05, 0) is 30.2 Å². The average molecular weight is 388 g/mol. The number of unbranched alkanes of at least 4 members (excludes halogenated alkanes) is 1. The van der Waals surface area contributed by atoms with Crippen molar-refractivity contribution in [2.75, 3.05) is 13.7 Å². The van der Waals surface area contributed by atoms with E-state index in [0.717, 1.165) is 35.5 Å². The Kier molecular flexibility index (Phi) is 7.09. The number of rotatable bonds is 7. The SMILES string of the molecule is CCCCOc1ccccc1[C@@H](c1ccc(OC)cc1)C(Cl)(Cl)Cl. The van der Waals surface area contributed by atoms with E-state index in [1.165, 1.54) is 0 Å². The van der Waals surface area contributed by atoms with Crippen molar-refractivity contribution in [2.24, 2.45) is 0 Å². The first-order valence-electron chi connectivity index (χ1n) is 7.89. The first-order chi connectivity index (χ1) is 11.5. The molecule has 0 unspecified atom stereocenters. The number of alkyl halides is 3. The second-order valence-corrected chi connectivity index (χ2v) is 7.86. The molecule has 0 amide bonds. The van der Waals surface area contributed by atoms with Crippen LogP contribution in [0.2, 0.25) is 0 Å². The van der Waals surface area contributed by atoms with Crippen molar-refractivity contribution in [3.8, 4) is 11.5 Å². The Bertz CT molecular complexity index is 636. The maximum Gasteiger partial charge on any atom is 0.201 e. The van der Waals surface area contributed by atoms with Crippen LogP contribution in [0.15, 0.2) is 48.5 Å². The summed E-state index contributed by atoms with van der Waals surface area (Å²) in [6.45, 7) is 2.76. The van der Waals surface area contributed by atoms with Crippen LogP contribution in [0.1, 0.15) is 36.8 Å². The predicted octanol–water partition coefficient (Wildman–Crippen LogP) is 6.38. The number of methoxy groups -OCH3 is 1. The van der Waals surface area contributed by atoms with E-state index in [0.29, 0.717) is 6.61 Å². The fourth-order valence-corrected chi connectivity index (χ4v) is 3.25. The van der Waals surface area contributed by atoms with Gasteiger partial charge in [0.2, 0.25) is 3.79 Å². The van der Waals surface area contributed by atoms with Gasteiger partial charge in [-0.15, -0.1) is 0 Å². The highest BCUT2D eigenvalue weighted by atomic mass is 35.6. The molecule has 0 N–H and O–H groups in total. The number of halogens is 3. The fraction of sp³-hybridized carbons (Fsp3) is 0.368. The highest BCUT2D eigenvalue weighted by Gasteiger charge is 2.37. The van der Waals surface area contributed by atoms with Gasteiger partial charge in [0.15, 0.2) is 0 Å². The zero-order chi connectivity index (χ0) is 17.6. The molecule has 0 saturated carbocycles. The van der Waals surface area contributed by atoms with E-state index < -0.39 is 9.71 Å². The molecule has 1 atom stereocenters. The second kappa shape index (κ2) is 8.84. The molecule has 0 spiro atoms. The molecular formula is C19H21Cl3O2. The molecule has 0 aliphatic carbocycles. The molecule has 0 aliphatic rings. The van der Waals surface area contributed by atoms with E-state index in [4.69, 9.17) is 44.3 Å². The van der Waals surface area contributed by atoms with E-state index in [1.807, 2.05) is 48.5 Å². The summed E-state index contributed by atoms with van der Waals surface area (Å²) in [5, 5.41) is 0. The average Bonchev–Trinajstić information content (AvgIpc) is 2.56. The summed E-state index contributed by atoms with van der Waals surface area (Å²) >= 11 is 19.0. The molecule has 2 aromatic rings. The highest BCUT2D eigenvalue weighted by molar-refractivity contribution is 6.68. The second-order valence-electron chi connectivity index (χ2n) is 5.49. The third kappa shape index (κ3) is 4.95. The van der Waals surface area contributed by atoms with E-state index >= 15 is 0 Å². The molecule has 0 fully saturated rings. The molecule has 0 heterocycles. The van der Waals surface area contributed by atoms with Crippen LogP contribution in [-0.4, -0.2) is 17.5 Å². The number of ether oxygens (including phenoxy) is 2. The molecule has 2 nitrogen and oxygen atoms in total. The third-order valence-electron chi connectivity index (χ3n) is 3.76. The smallest absolute Gasteiger partial charge is 0.201 e. The topological polar surface area (TPSA) is 18.5 Å². The largest absolute Gasteiger partial charge is 0.497 e. The van der Waals surface area contributed by atoms with Crippen LogP contribution >= 0.6 is 34.8 Å². The van der Waals surface area contributed by atoms with Gasteiger partial charge in [-0.25, -0.2) is 0 Å². The van der Waals surface area contributed by atoms with Crippen LogP contribution < -0.4 is 9.47 Å². The van der Waals surface area contributed by atoms with Crippen LogP contribution in [0, 0.1) is 0 Å². The summed E-state index contributed by atoms with van der Waals surface area (Å²) in [5.41, 5.74) is 1.75. The van der Waals surface area contributed by atoms with E-state index in [9.17, 15) is 0 Å². The summed E-state index contributed by atoms with van der Waals surface area (Å²) in [4.78, 5) is 0. The molecule has 0 radical (unpaired) electrons. The van der Waals surface area contributed by atoms with Crippen molar-refractivity contribution < 1.29 is 9.47 Å². The van der Waals surface area contributed by atoms with Gasteiger partial charge in [0.1, 0.15) is 11.5 Å². The summed E-state index contributed by atoms with van der Waals surface area (Å²) in [5.74, 6) is 1.07. The molecule has 24 heavy (non-hydrogen) atoms. The molecule has 0 aliphatic heterocycles. The summed E-state index contributed by atoms with van der Waals surface area (Å²) in [6.07, 6.45) is 2.05. The van der Waals surface area contributed by atoms with E-state index in [-0.39, 0.29) is 0 Å². The molecule has 130 valence electrons. The third-order valence-corrected chi connectivity index (χ3v) is 4.42. The van der Waals surface area contributed by atoms with Gasteiger partial charge in [0.05, 0.1) is 19.6 Å². The molecule has 0 saturated heterocycles. The Morgan fingerprint density at radius 1 is 1.00 bits per heavy atom. The predicted molar refractivity (Wildman–Crippen MR) is 102 cm³/mol. The Hall–Kier alpha value is -1.09. The monoisotopic (exact) mass is 386 g/mol. The highest BCUT2D eigenvalue weighted by Crippen LogP contribution is 2.48. The lowest BCUT2D eigenvalue weighted by Gasteiger charge is -2.27. The van der Waals surface area contributed by atoms with Crippen LogP contribution in [0.3, 0.4) is 0 Å². The van der Waals surface area contributed by atoms with Gasteiger partial charge < -0.3 is 9.47 Å². The first kappa shape index (κ1) is 19.2. The van der Waals surface area contributed by atoms with Crippen LogP contribution in [0.25, 0.3) is 0 Å². The van der Waals surface area contributed by atoms with Crippen molar-refractivity contribution in [3.63, 3.8) is 0 Å². The fourth-order valence-electron chi connectivity index (χ4n) is 2.52. The van der Waals surface area contributed by atoms with Crippen molar-refractivity contribution in [2.45, 2.75) is 29.5 Å². The van der Waals surface area contributed by atoms with E-state index in [1.54, 1.807) is 7.11 Å². The quantitative estimate of drug-likeness (QED) is 0.405. The Labute approximate surface area is 158 Å². The Balaban J connectivity index is 2.41. The van der Waals surface area contributed by atoms with Crippen LogP contribution in [0.4, 0.5) is 0 Å². The Morgan fingerprint density at radius 3 is 2.25 bits per heavy atom. The van der Waals surface area contributed by atoms with Crippen molar-refractivity contribution in [1.82, 2.24) is 0 Å².